The van der Waals surface area contributed by atoms with Crippen LogP contribution < -0.4 is 15.0 Å². The molecule has 0 fully saturated rings. The van der Waals surface area contributed by atoms with Gasteiger partial charge in [-0.05, 0) is 24.1 Å². The Bertz CT molecular complexity index is 897. The molecule has 0 spiro atoms. The smallest absolute Gasteiger partial charge is 0.183 e. The lowest BCUT2D eigenvalue weighted by molar-refractivity contribution is 0.312. The van der Waals surface area contributed by atoms with Gasteiger partial charge in [-0.25, -0.2) is 4.98 Å². The number of anilines is 2. The lowest BCUT2D eigenvalue weighted by Crippen LogP contribution is -2.29. The molecule has 0 atom stereocenters. The third-order valence-electron chi connectivity index (χ3n) is 4.43. The summed E-state index contributed by atoms with van der Waals surface area (Å²) in [6.45, 7) is 2.38. The Balaban J connectivity index is 1.51. The largest absolute Gasteiger partial charge is 0.489 e. The van der Waals surface area contributed by atoms with Crippen molar-refractivity contribution < 1.29 is 4.74 Å². The monoisotopic (exact) mass is 385 g/mol. The fraction of sp³-hybridized carbons (Fsp3) is 0.250. The lowest BCUT2D eigenvalue weighted by atomic mass is 10.1. The molecule has 4 rings (SSSR count). The van der Waals surface area contributed by atoms with Gasteiger partial charge in [-0.15, -0.1) is 11.3 Å². The molecule has 0 bridgehead atoms. The van der Waals surface area contributed by atoms with Crippen molar-refractivity contribution in [3.63, 3.8) is 0 Å². The van der Waals surface area contributed by atoms with Crippen molar-refractivity contribution in [1.29, 1.82) is 0 Å². The first-order valence-corrected chi connectivity index (χ1v) is 9.87. The number of aromatic nitrogens is 1. The minimum absolute atomic E-state index is 0.671. The van der Waals surface area contributed by atoms with Crippen molar-refractivity contribution in [2.75, 3.05) is 37.0 Å². The summed E-state index contributed by atoms with van der Waals surface area (Å²) in [5, 5.41) is 7.07. The predicted molar refractivity (Wildman–Crippen MR) is 110 cm³/mol. The maximum Gasteiger partial charge on any atom is 0.183 e. The average molecular weight is 386 g/mol. The van der Waals surface area contributed by atoms with Gasteiger partial charge in [0.2, 0.25) is 0 Å². The molecule has 4 nitrogen and oxygen atoms in total. The summed E-state index contributed by atoms with van der Waals surface area (Å²) in [5.41, 5.74) is 4.18. The van der Waals surface area contributed by atoms with Crippen molar-refractivity contribution in [2.45, 2.75) is 6.42 Å². The zero-order chi connectivity index (χ0) is 17.9. The van der Waals surface area contributed by atoms with Crippen LogP contribution in [0, 0.1) is 0 Å². The number of nitrogens with one attached hydrogen (secondary N) is 1. The Morgan fingerprint density at radius 3 is 2.96 bits per heavy atom. The number of rotatable bonds is 5. The first kappa shape index (κ1) is 17.2. The maximum atomic E-state index is 6.33. The van der Waals surface area contributed by atoms with Gasteiger partial charge >= 0.3 is 0 Å². The maximum absolute atomic E-state index is 6.33. The van der Waals surface area contributed by atoms with Crippen LogP contribution in [0.1, 0.15) is 5.56 Å². The second kappa shape index (κ2) is 7.56. The average Bonchev–Trinajstić information content (AvgIpc) is 3.12. The summed E-state index contributed by atoms with van der Waals surface area (Å²) in [6.07, 6.45) is 0.968. The van der Waals surface area contributed by atoms with Crippen LogP contribution in [0.4, 0.5) is 10.8 Å². The number of halogens is 1. The van der Waals surface area contributed by atoms with Crippen molar-refractivity contribution in [3.8, 4) is 17.0 Å². The van der Waals surface area contributed by atoms with E-state index in [4.69, 9.17) is 21.3 Å². The summed E-state index contributed by atoms with van der Waals surface area (Å²) < 4.78 is 5.93. The molecule has 2 aromatic carbocycles. The number of hydrogen-bond acceptors (Lipinski definition) is 5. The summed E-state index contributed by atoms with van der Waals surface area (Å²) >= 11 is 7.94. The van der Waals surface area contributed by atoms with Gasteiger partial charge in [-0.2, -0.15) is 0 Å². The van der Waals surface area contributed by atoms with Crippen molar-refractivity contribution in [2.24, 2.45) is 0 Å². The van der Waals surface area contributed by atoms with Crippen LogP contribution in [0.2, 0.25) is 5.02 Å². The molecule has 0 unspecified atom stereocenters. The highest BCUT2D eigenvalue weighted by Gasteiger charge is 2.21. The molecule has 3 aromatic rings. The van der Waals surface area contributed by atoms with Crippen LogP contribution in [0.3, 0.4) is 0 Å². The number of likely N-dealkylation sites (N-methyl/N-ethyl adjacent to an activating group) is 1. The Morgan fingerprint density at radius 1 is 1.27 bits per heavy atom. The van der Waals surface area contributed by atoms with Crippen molar-refractivity contribution in [1.82, 2.24) is 4.98 Å². The lowest BCUT2D eigenvalue weighted by Gasteiger charge is -2.29. The second-order valence-electron chi connectivity index (χ2n) is 6.27. The molecule has 0 radical (unpaired) electrons. The fourth-order valence-corrected chi connectivity index (χ4v) is 4.00. The summed E-state index contributed by atoms with van der Waals surface area (Å²) in [4.78, 5) is 6.90. The third kappa shape index (κ3) is 3.64. The van der Waals surface area contributed by atoms with E-state index in [0.717, 1.165) is 47.3 Å². The highest BCUT2D eigenvalue weighted by atomic mass is 35.5. The predicted octanol–water partition coefficient (Wildman–Crippen LogP) is 4.95. The number of thiazole rings is 1. The summed E-state index contributed by atoms with van der Waals surface area (Å²) in [7, 11) is 2.05. The van der Waals surface area contributed by atoms with Gasteiger partial charge in [0.05, 0.1) is 17.9 Å². The van der Waals surface area contributed by atoms with Crippen LogP contribution >= 0.6 is 22.9 Å². The van der Waals surface area contributed by atoms with Gasteiger partial charge in [0.15, 0.2) is 10.9 Å². The number of nitrogens with zero attached hydrogens (tertiary/aromatic N) is 2. The molecule has 0 saturated carbocycles. The zero-order valence-electron chi connectivity index (χ0n) is 14.5. The Labute approximate surface area is 162 Å². The minimum atomic E-state index is 0.671. The van der Waals surface area contributed by atoms with Gasteiger partial charge in [-0.3, -0.25) is 0 Å². The summed E-state index contributed by atoms with van der Waals surface area (Å²) in [6, 6.07) is 14.3. The third-order valence-corrected chi connectivity index (χ3v) is 5.45. The molecule has 26 heavy (non-hydrogen) atoms. The Morgan fingerprint density at radius 2 is 2.12 bits per heavy atom. The quantitative estimate of drug-likeness (QED) is 0.674. The molecular weight excluding hydrogens is 366 g/mol. The molecule has 134 valence electrons. The molecule has 6 heteroatoms. The van der Waals surface area contributed by atoms with E-state index in [2.05, 4.69) is 46.9 Å². The van der Waals surface area contributed by atoms with Gasteiger partial charge in [0, 0.05) is 29.6 Å². The van der Waals surface area contributed by atoms with Crippen LogP contribution in [0.25, 0.3) is 11.3 Å². The van der Waals surface area contributed by atoms with Gasteiger partial charge in [-0.1, -0.05) is 41.9 Å². The van der Waals surface area contributed by atoms with Gasteiger partial charge in [0.25, 0.3) is 0 Å². The molecular formula is C20H20ClN3OS. The first-order chi connectivity index (χ1) is 12.7. The van der Waals surface area contributed by atoms with Gasteiger partial charge in [0.1, 0.15) is 6.61 Å². The van der Waals surface area contributed by atoms with Crippen molar-refractivity contribution >= 4 is 33.8 Å². The number of hydrogen-bond donors (Lipinski definition) is 1. The van der Waals surface area contributed by atoms with E-state index in [9.17, 15) is 0 Å². The Kier molecular flexibility index (Phi) is 5.00. The van der Waals surface area contributed by atoms with Crippen LogP contribution in [0.5, 0.6) is 5.75 Å². The van der Waals surface area contributed by atoms with Crippen molar-refractivity contribution in [3.05, 3.63) is 58.4 Å². The standard InChI is InChI=1S/C20H20ClN3OS/c1-24-9-10-25-19-16(11-15(21)12-18(19)24)17-13-26-20(23-17)22-8-7-14-5-3-2-4-6-14/h2-6,11-13H,7-10H2,1H3,(H,22,23). The zero-order valence-corrected chi connectivity index (χ0v) is 16.1. The summed E-state index contributed by atoms with van der Waals surface area (Å²) in [5.74, 6) is 0.865. The second-order valence-corrected chi connectivity index (χ2v) is 7.57. The van der Waals surface area contributed by atoms with E-state index >= 15 is 0 Å². The number of benzene rings is 2. The molecule has 0 aliphatic carbocycles. The highest BCUT2D eigenvalue weighted by Crippen LogP contribution is 2.43. The van der Waals surface area contributed by atoms with Crippen LogP contribution in [-0.4, -0.2) is 31.7 Å². The van der Waals surface area contributed by atoms with E-state index in [0.29, 0.717) is 11.6 Å². The minimum Gasteiger partial charge on any atom is -0.489 e. The molecule has 1 aliphatic heterocycles. The SMILES string of the molecule is CN1CCOc2c(-c3csc(NCCc4ccccc4)n3)cc(Cl)cc21. The van der Waals surface area contributed by atoms with E-state index in [1.54, 1.807) is 11.3 Å². The Hall–Kier alpha value is -2.24. The molecule has 0 amide bonds. The first-order valence-electron chi connectivity index (χ1n) is 8.62. The van der Waals surface area contributed by atoms with E-state index in [1.807, 2.05) is 18.2 Å². The fourth-order valence-electron chi connectivity index (χ4n) is 3.05. The molecule has 1 aromatic heterocycles. The molecule has 1 aliphatic rings. The number of ether oxygens (including phenoxy) is 1. The topological polar surface area (TPSA) is 37.4 Å². The normalized spacial score (nSPS) is 13.2. The molecule has 2 heterocycles. The van der Waals surface area contributed by atoms with Crippen LogP contribution in [0.15, 0.2) is 47.8 Å². The molecule has 0 saturated heterocycles. The molecule has 1 N–H and O–H groups in total. The van der Waals surface area contributed by atoms with E-state index in [-0.39, 0.29) is 0 Å². The van der Waals surface area contributed by atoms with E-state index < -0.39 is 0 Å². The van der Waals surface area contributed by atoms with E-state index in [1.165, 1.54) is 5.56 Å². The van der Waals surface area contributed by atoms with Crippen LogP contribution in [-0.2, 0) is 6.42 Å². The number of fused-ring (bicyclic) bond motifs is 1. The highest BCUT2D eigenvalue weighted by molar-refractivity contribution is 7.14. The van der Waals surface area contributed by atoms with Gasteiger partial charge < -0.3 is 15.0 Å².